The van der Waals surface area contributed by atoms with Crippen molar-refractivity contribution in [2.24, 2.45) is 0 Å². The number of fused-ring (bicyclic) bond motifs is 1. The van der Waals surface area contributed by atoms with Crippen molar-refractivity contribution in [2.45, 2.75) is 13.0 Å². The van der Waals surface area contributed by atoms with Crippen LogP contribution in [0.4, 0.5) is 0 Å². The maximum Gasteiger partial charge on any atom is 0.341 e. The van der Waals surface area contributed by atoms with E-state index in [0.717, 1.165) is 5.56 Å². The molecule has 0 saturated carbocycles. The Morgan fingerprint density at radius 2 is 1.71 bits per heavy atom. The molecule has 0 fully saturated rings. The molecule has 158 valence electrons. The number of carbonyl (C=O) groups is 1. The number of carbonyl (C=O) groups excluding carboxylic acids is 1. The lowest BCUT2D eigenvalue weighted by Gasteiger charge is -2.19. The van der Waals surface area contributed by atoms with Crippen molar-refractivity contribution in [3.63, 3.8) is 0 Å². The second-order valence-corrected chi connectivity index (χ2v) is 7.45. The Kier molecular flexibility index (Phi) is 5.52. The van der Waals surface area contributed by atoms with Gasteiger partial charge in [0.05, 0.1) is 31.5 Å². The topological polar surface area (TPSA) is 75.3 Å². The van der Waals surface area contributed by atoms with Crippen molar-refractivity contribution in [3.8, 4) is 22.7 Å². The van der Waals surface area contributed by atoms with Crippen LogP contribution in [0.15, 0.2) is 65.7 Å². The first-order chi connectivity index (χ1) is 14.9. The van der Waals surface area contributed by atoms with Crippen LogP contribution in [0.25, 0.3) is 16.9 Å². The Bertz CT molecular complexity index is 1260. The molecular weight excluding hydrogens is 418 g/mol. The SMILES string of the molecule is COC(=O)c1cn(C(C)c2ccc(Cl)cc2)cc2c(=O)n(-c3ccc(OC)cc3)nc1-2. The minimum Gasteiger partial charge on any atom is -0.497 e. The molecule has 8 heteroatoms. The molecule has 31 heavy (non-hydrogen) atoms. The smallest absolute Gasteiger partial charge is 0.341 e. The molecule has 1 unspecified atom stereocenters. The third kappa shape index (κ3) is 3.80. The van der Waals surface area contributed by atoms with Gasteiger partial charge in [0.2, 0.25) is 0 Å². The van der Waals surface area contributed by atoms with Gasteiger partial charge in [-0.05, 0) is 48.9 Å². The molecule has 2 aliphatic rings. The molecule has 0 radical (unpaired) electrons. The molecule has 0 saturated heterocycles. The Morgan fingerprint density at radius 1 is 1.03 bits per heavy atom. The van der Waals surface area contributed by atoms with Gasteiger partial charge in [-0.25, -0.2) is 4.79 Å². The van der Waals surface area contributed by atoms with Crippen LogP contribution in [-0.2, 0) is 4.74 Å². The van der Waals surface area contributed by atoms with E-state index in [1.807, 2.05) is 19.1 Å². The zero-order chi connectivity index (χ0) is 22.1. The summed E-state index contributed by atoms with van der Waals surface area (Å²) in [5.41, 5.74) is 2.02. The molecule has 7 nitrogen and oxygen atoms in total. The number of aromatic nitrogens is 3. The predicted molar refractivity (Wildman–Crippen MR) is 118 cm³/mol. The molecule has 2 aromatic carbocycles. The highest BCUT2D eigenvalue weighted by atomic mass is 35.5. The minimum atomic E-state index is -0.568. The van der Waals surface area contributed by atoms with Gasteiger partial charge in [0.1, 0.15) is 17.0 Å². The van der Waals surface area contributed by atoms with Gasteiger partial charge < -0.3 is 14.0 Å². The van der Waals surface area contributed by atoms with Crippen molar-refractivity contribution in [1.29, 1.82) is 0 Å². The first-order valence-electron chi connectivity index (χ1n) is 9.55. The van der Waals surface area contributed by atoms with Gasteiger partial charge in [-0.1, -0.05) is 23.7 Å². The lowest BCUT2D eigenvalue weighted by molar-refractivity contribution is 0.0600. The van der Waals surface area contributed by atoms with Gasteiger partial charge in [-0.15, -0.1) is 0 Å². The summed E-state index contributed by atoms with van der Waals surface area (Å²) in [5.74, 6) is 0.0971. The third-order valence-electron chi connectivity index (χ3n) is 5.21. The van der Waals surface area contributed by atoms with Crippen molar-refractivity contribution in [3.05, 3.63) is 87.4 Å². The quantitative estimate of drug-likeness (QED) is 0.437. The number of benzene rings is 2. The summed E-state index contributed by atoms with van der Waals surface area (Å²) in [7, 11) is 2.87. The molecule has 0 aromatic heterocycles. The number of halogens is 1. The van der Waals surface area contributed by atoms with Gasteiger partial charge in [-0.3, -0.25) is 4.79 Å². The zero-order valence-electron chi connectivity index (χ0n) is 17.2. The molecule has 0 amide bonds. The van der Waals surface area contributed by atoms with Crippen molar-refractivity contribution >= 4 is 17.6 Å². The highest BCUT2D eigenvalue weighted by molar-refractivity contribution is 6.30. The molecule has 1 atom stereocenters. The van der Waals surface area contributed by atoms with Crippen molar-refractivity contribution in [1.82, 2.24) is 14.3 Å². The van der Waals surface area contributed by atoms with Crippen LogP contribution >= 0.6 is 11.6 Å². The van der Waals surface area contributed by atoms with E-state index < -0.39 is 5.97 Å². The Balaban J connectivity index is 1.89. The average molecular weight is 438 g/mol. The third-order valence-corrected chi connectivity index (χ3v) is 5.46. The summed E-state index contributed by atoms with van der Waals surface area (Å²) >= 11 is 6.00. The fourth-order valence-electron chi connectivity index (χ4n) is 3.42. The zero-order valence-corrected chi connectivity index (χ0v) is 18.0. The van der Waals surface area contributed by atoms with E-state index in [-0.39, 0.29) is 22.9 Å². The van der Waals surface area contributed by atoms with Crippen LogP contribution in [0.5, 0.6) is 5.75 Å². The van der Waals surface area contributed by atoms with E-state index in [1.165, 1.54) is 11.8 Å². The van der Waals surface area contributed by atoms with Crippen LogP contribution < -0.4 is 10.3 Å². The summed E-state index contributed by atoms with van der Waals surface area (Å²) < 4.78 is 13.2. The first kappa shape index (κ1) is 20.7. The number of esters is 1. The second kappa shape index (κ2) is 8.28. The number of hydrogen-bond acceptors (Lipinski definition) is 5. The fraction of sp³-hybridized carbons (Fsp3) is 0.174. The summed E-state index contributed by atoms with van der Waals surface area (Å²) in [6.45, 7) is 1.97. The lowest BCUT2D eigenvalue weighted by atomic mass is 10.1. The van der Waals surface area contributed by atoms with Crippen LogP contribution in [0.1, 0.15) is 28.9 Å². The summed E-state index contributed by atoms with van der Waals surface area (Å²) in [6.07, 6.45) is 3.36. The summed E-state index contributed by atoms with van der Waals surface area (Å²) in [4.78, 5) is 25.7. The van der Waals surface area contributed by atoms with Crippen LogP contribution in [0.3, 0.4) is 0 Å². The van der Waals surface area contributed by atoms with E-state index in [4.69, 9.17) is 21.1 Å². The molecule has 0 bridgehead atoms. The molecule has 0 N–H and O–H groups in total. The van der Waals surface area contributed by atoms with Gasteiger partial charge in [-0.2, -0.15) is 9.78 Å². The van der Waals surface area contributed by atoms with Gasteiger partial charge in [0.25, 0.3) is 5.56 Å². The molecule has 2 heterocycles. The van der Waals surface area contributed by atoms with E-state index in [0.29, 0.717) is 22.0 Å². The van der Waals surface area contributed by atoms with Gasteiger partial charge in [0.15, 0.2) is 0 Å². The molecule has 0 aliphatic carbocycles. The van der Waals surface area contributed by atoms with Crippen molar-refractivity contribution in [2.75, 3.05) is 14.2 Å². The van der Waals surface area contributed by atoms with Crippen LogP contribution in [0.2, 0.25) is 5.02 Å². The number of rotatable bonds is 5. The number of pyridine rings is 1. The van der Waals surface area contributed by atoms with Gasteiger partial charge >= 0.3 is 5.97 Å². The molecule has 4 rings (SSSR count). The second-order valence-electron chi connectivity index (χ2n) is 7.02. The van der Waals surface area contributed by atoms with Gasteiger partial charge in [0, 0.05) is 17.4 Å². The number of ether oxygens (including phenoxy) is 2. The maximum atomic E-state index is 13.2. The molecule has 2 aromatic rings. The summed E-state index contributed by atoms with van der Waals surface area (Å²) in [5, 5.41) is 5.06. The summed E-state index contributed by atoms with van der Waals surface area (Å²) in [6, 6.07) is 14.2. The standard InChI is InChI=1S/C23H20ClN3O4/c1-14(15-4-6-16(24)7-5-15)26-12-19-21(20(13-26)23(29)31-3)25-27(22(19)28)17-8-10-18(30-2)11-9-17/h4-14H,1-3H3. The predicted octanol–water partition coefficient (Wildman–Crippen LogP) is 4.20. The Labute approximate surface area is 183 Å². The maximum absolute atomic E-state index is 13.2. The van der Waals surface area contributed by atoms with E-state index in [2.05, 4.69) is 5.10 Å². The highest BCUT2D eigenvalue weighted by Crippen LogP contribution is 2.27. The Hall–Kier alpha value is -3.58. The van der Waals surface area contributed by atoms with Crippen LogP contribution in [-0.4, -0.2) is 34.5 Å². The highest BCUT2D eigenvalue weighted by Gasteiger charge is 2.26. The monoisotopic (exact) mass is 437 g/mol. The Morgan fingerprint density at radius 3 is 2.32 bits per heavy atom. The molecule has 2 aliphatic heterocycles. The normalized spacial score (nSPS) is 12.0. The lowest BCUT2D eigenvalue weighted by Crippen LogP contribution is -2.17. The number of methoxy groups -OCH3 is 2. The average Bonchev–Trinajstić information content (AvgIpc) is 3.14. The van der Waals surface area contributed by atoms with E-state index in [1.54, 1.807) is 60.5 Å². The van der Waals surface area contributed by atoms with Crippen LogP contribution in [0, 0.1) is 0 Å². The molecule has 0 spiro atoms. The first-order valence-corrected chi connectivity index (χ1v) is 9.93. The number of hydrogen-bond donors (Lipinski definition) is 0. The number of nitrogens with zero attached hydrogens (tertiary/aromatic N) is 3. The van der Waals surface area contributed by atoms with E-state index in [9.17, 15) is 9.59 Å². The fourth-order valence-corrected chi connectivity index (χ4v) is 3.55. The van der Waals surface area contributed by atoms with Crippen molar-refractivity contribution < 1.29 is 14.3 Å². The minimum absolute atomic E-state index is 0.159. The van der Waals surface area contributed by atoms with E-state index >= 15 is 0 Å². The molecular formula is C23H20ClN3O4. The largest absolute Gasteiger partial charge is 0.497 e.